The summed E-state index contributed by atoms with van der Waals surface area (Å²) < 4.78 is 5.09. The number of fused-ring (bicyclic) bond motifs is 11. The highest BCUT2D eigenvalue weighted by molar-refractivity contribution is 7.27. The number of thiophene rings is 1. The Balaban J connectivity index is 1.18. The molecule has 8 aromatic carbocycles. The van der Waals surface area contributed by atoms with Crippen LogP contribution in [-0.4, -0.2) is 14.5 Å². The summed E-state index contributed by atoms with van der Waals surface area (Å²) in [4.78, 5) is 10.5. The summed E-state index contributed by atoms with van der Waals surface area (Å²) >= 11 is 1.89. The molecule has 0 saturated carbocycles. The molecule has 0 radical (unpaired) electrons. The van der Waals surface area contributed by atoms with Gasteiger partial charge in [-0.2, -0.15) is 0 Å². The topological polar surface area (TPSA) is 30.7 Å². The zero-order valence-electron chi connectivity index (χ0n) is 28.0. The van der Waals surface area contributed by atoms with Crippen LogP contribution in [0.2, 0.25) is 0 Å². The van der Waals surface area contributed by atoms with Gasteiger partial charge in [0.15, 0.2) is 5.82 Å². The van der Waals surface area contributed by atoms with E-state index in [1.54, 1.807) is 0 Å². The first-order chi connectivity index (χ1) is 25.8. The van der Waals surface area contributed by atoms with Gasteiger partial charge in [0.05, 0.1) is 22.2 Å². The van der Waals surface area contributed by atoms with Crippen molar-refractivity contribution in [1.82, 2.24) is 14.5 Å². The van der Waals surface area contributed by atoms with Crippen LogP contribution in [0.5, 0.6) is 0 Å². The molecule has 0 atom stereocenters. The molecule has 3 aromatic heterocycles. The standard InChI is InChI=1S/C48H29N3S/c1-2-14-30(15-3-1)31-16-12-17-32(28-31)45-37-22-6-9-25-40(37)49-48(50-45)33-18-13-19-34(29-33)51-41-26-10-7-23-38(41)43-35-20-4-5-21-36(35)47-44(46(43)51)39-24-8-11-27-42(39)52-47/h1-29H. The molecule has 4 heteroatoms. The maximum absolute atomic E-state index is 5.33. The molecular weight excluding hydrogens is 651 g/mol. The number of rotatable bonds is 4. The second-order valence-electron chi connectivity index (χ2n) is 13.3. The van der Waals surface area contributed by atoms with Gasteiger partial charge in [0.2, 0.25) is 0 Å². The van der Waals surface area contributed by atoms with Crippen molar-refractivity contribution in [3.8, 4) is 39.5 Å². The third-order valence-corrected chi connectivity index (χ3v) is 11.6. The molecule has 0 aliphatic rings. The van der Waals surface area contributed by atoms with E-state index >= 15 is 0 Å². The zero-order chi connectivity index (χ0) is 34.2. The van der Waals surface area contributed by atoms with E-state index in [2.05, 4.69) is 180 Å². The molecule has 0 fully saturated rings. The van der Waals surface area contributed by atoms with Gasteiger partial charge in [0.25, 0.3) is 0 Å². The molecule has 0 spiro atoms. The van der Waals surface area contributed by atoms with Gasteiger partial charge in [-0.3, -0.25) is 0 Å². The molecule has 0 unspecified atom stereocenters. The smallest absolute Gasteiger partial charge is 0.160 e. The Morgan fingerprint density at radius 3 is 1.96 bits per heavy atom. The Bertz CT molecular complexity index is 3190. The molecule has 242 valence electrons. The highest BCUT2D eigenvalue weighted by atomic mass is 32.1. The van der Waals surface area contributed by atoms with Crippen LogP contribution in [0, 0.1) is 0 Å². The van der Waals surface area contributed by atoms with Crippen LogP contribution in [0.4, 0.5) is 0 Å². The molecule has 0 saturated heterocycles. The van der Waals surface area contributed by atoms with E-state index in [1.165, 1.54) is 58.3 Å². The lowest BCUT2D eigenvalue weighted by Gasteiger charge is -2.13. The van der Waals surface area contributed by atoms with Gasteiger partial charge in [-0.25, -0.2) is 9.97 Å². The average molecular weight is 680 g/mol. The second kappa shape index (κ2) is 11.5. The predicted octanol–water partition coefficient (Wildman–Crippen LogP) is 13.2. The van der Waals surface area contributed by atoms with Crippen LogP contribution >= 0.6 is 11.3 Å². The Kier molecular flexibility index (Phi) is 6.42. The maximum Gasteiger partial charge on any atom is 0.160 e. The quantitative estimate of drug-likeness (QED) is 0.185. The van der Waals surface area contributed by atoms with E-state index < -0.39 is 0 Å². The number of hydrogen-bond donors (Lipinski definition) is 0. The molecule has 11 aromatic rings. The van der Waals surface area contributed by atoms with Crippen molar-refractivity contribution in [3.05, 3.63) is 176 Å². The summed E-state index contributed by atoms with van der Waals surface area (Å²) in [5.74, 6) is 0.706. The Morgan fingerprint density at radius 1 is 0.423 bits per heavy atom. The molecule has 11 rings (SSSR count). The number of para-hydroxylation sites is 2. The molecular formula is C48H29N3S. The minimum Gasteiger partial charge on any atom is -0.309 e. The first-order valence-corrected chi connectivity index (χ1v) is 18.4. The van der Waals surface area contributed by atoms with E-state index in [4.69, 9.17) is 9.97 Å². The SMILES string of the molecule is c1ccc(-c2cccc(-c3nc(-c4cccc(-n5c6ccccc6c6c7ccccc7c7sc8ccccc8c7c65)c4)nc4ccccc34)c2)cc1. The van der Waals surface area contributed by atoms with Crippen molar-refractivity contribution in [2.24, 2.45) is 0 Å². The van der Waals surface area contributed by atoms with Gasteiger partial charge in [-0.05, 0) is 52.9 Å². The molecule has 0 aliphatic heterocycles. The van der Waals surface area contributed by atoms with E-state index in [0.29, 0.717) is 5.82 Å². The molecule has 3 heterocycles. The Morgan fingerprint density at radius 2 is 1.08 bits per heavy atom. The fourth-order valence-corrected chi connectivity index (χ4v) is 9.32. The van der Waals surface area contributed by atoms with E-state index in [-0.39, 0.29) is 0 Å². The summed E-state index contributed by atoms with van der Waals surface area (Å²) in [6.07, 6.45) is 0. The third kappa shape index (κ3) is 4.38. The van der Waals surface area contributed by atoms with Crippen molar-refractivity contribution < 1.29 is 0 Å². The van der Waals surface area contributed by atoms with Gasteiger partial charge < -0.3 is 4.57 Å². The highest BCUT2D eigenvalue weighted by Gasteiger charge is 2.22. The largest absolute Gasteiger partial charge is 0.309 e. The van der Waals surface area contributed by atoms with Gasteiger partial charge in [0.1, 0.15) is 0 Å². The van der Waals surface area contributed by atoms with Gasteiger partial charge >= 0.3 is 0 Å². The molecule has 0 aliphatic carbocycles. The average Bonchev–Trinajstić information content (AvgIpc) is 3.78. The van der Waals surface area contributed by atoms with Crippen molar-refractivity contribution in [2.75, 3.05) is 0 Å². The summed E-state index contributed by atoms with van der Waals surface area (Å²) in [5.41, 5.74) is 9.74. The predicted molar refractivity (Wildman–Crippen MR) is 221 cm³/mol. The van der Waals surface area contributed by atoms with Crippen molar-refractivity contribution in [2.45, 2.75) is 0 Å². The molecule has 3 nitrogen and oxygen atoms in total. The van der Waals surface area contributed by atoms with Crippen molar-refractivity contribution in [3.63, 3.8) is 0 Å². The van der Waals surface area contributed by atoms with Gasteiger partial charge in [-0.1, -0.05) is 140 Å². The van der Waals surface area contributed by atoms with Gasteiger partial charge in [0, 0.05) is 58.5 Å². The van der Waals surface area contributed by atoms with Crippen LogP contribution in [0.1, 0.15) is 0 Å². The zero-order valence-corrected chi connectivity index (χ0v) is 28.8. The van der Waals surface area contributed by atoms with Crippen LogP contribution in [0.15, 0.2) is 176 Å². The van der Waals surface area contributed by atoms with E-state index in [0.717, 1.165) is 39.0 Å². The third-order valence-electron chi connectivity index (χ3n) is 10.4. The van der Waals surface area contributed by atoms with Crippen molar-refractivity contribution in [1.29, 1.82) is 0 Å². The number of benzene rings is 8. The fraction of sp³-hybridized carbons (Fsp3) is 0. The molecule has 0 amide bonds. The summed E-state index contributed by atoms with van der Waals surface area (Å²) in [5, 5.41) is 8.75. The van der Waals surface area contributed by atoms with Gasteiger partial charge in [-0.15, -0.1) is 11.3 Å². The van der Waals surface area contributed by atoms with Crippen LogP contribution < -0.4 is 0 Å². The normalized spacial score (nSPS) is 11.8. The molecule has 52 heavy (non-hydrogen) atoms. The van der Waals surface area contributed by atoms with Crippen LogP contribution in [0.25, 0.3) is 103 Å². The van der Waals surface area contributed by atoms with Crippen LogP contribution in [0.3, 0.4) is 0 Å². The number of nitrogens with zero attached hydrogens (tertiary/aromatic N) is 3. The minimum atomic E-state index is 0.706. The lowest BCUT2D eigenvalue weighted by Crippen LogP contribution is -1.98. The van der Waals surface area contributed by atoms with E-state index in [1.807, 2.05) is 11.3 Å². The van der Waals surface area contributed by atoms with E-state index in [9.17, 15) is 0 Å². The summed E-state index contributed by atoms with van der Waals surface area (Å²) in [6, 6.07) is 62.8. The molecule has 0 bridgehead atoms. The summed E-state index contributed by atoms with van der Waals surface area (Å²) in [7, 11) is 0. The first-order valence-electron chi connectivity index (χ1n) is 17.6. The maximum atomic E-state index is 5.33. The highest BCUT2D eigenvalue weighted by Crippen LogP contribution is 2.48. The fourth-order valence-electron chi connectivity index (χ4n) is 8.07. The second-order valence-corrected chi connectivity index (χ2v) is 14.4. The summed E-state index contributed by atoms with van der Waals surface area (Å²) in [6.45, 7) is 0. The Labute approximate surface area is 303 Å². The first kappa shape index (κ1) is 29.1. The Hall–Kier alpha value is -6.62. The minimum absolute atomic E-state index is 0.706. The van der Waals surface area contributed by atoms with Crippen molar-refractivity contribution >= 4 is 75.0 Å². The molecule has 0 N–H and O–H groups in total. The monoisotopic (exact) mass is 679 g/mol. The lowest BCUT2D eigenvalue weighted by atomic mass is 9.99. The number of aromatic nitrogens is 3. The number of hydrogen-bond acceptors (Lipinski definition) is 3. The van der Waals surface area contributed by atoms with Crippen LogP contribution in [-0.2, 0) is 0 Å². The lowest BCUT2D eigenvalue weighted by molar-refractivity contribution is 1.18.